The van der Waals surface area contributed by atoms with Crippen molar-refractivity contribution >= 4 is 0 Å². The third kappa shape index (κ3) is 3.21. The Morgan fingerprint density at radius 2 is 2.11 bits per heavy atom. The van der Waals surface area contributed by atoms with Gasteiger partial charge in [0, 0.05) is 6.54 Å². The first kappa shape index (κ1) is 13.8. The Labute approximate surface area is 115 Å². The Bertz CT molecular complexity index is 458. The van der Waals surface area contributed by atoms with Crippen molar-refractivity contribution in [3.63, 3.8) is 0 Å². The molecule has 1 aromatic carbocycles. The number of nitrogens with two attached hydrogens (primary N) is 1. The van der Waals surface area contributed by atoms with Gasteiger partial charge in [-0.2, -0.15) is 0 Å². The van der Waals surface area contributed by atoms with Gasteiger partial charge in [-0.25, -0.2) is 0 Å². The zero-order chi connectivity index (χ0) is 13.7. The summed E-state index contributed by atoms with van der Waals surface area (Å²) in [6.07, 6.45) is 10.5. The summed E-state index contributed by atoms with van der Waals surface area (Å²) in [5.74, 6) is 4.16. The van der Waals surface area contributed by atoms with Gasteiger partial charge in [0.25, 0.3) is 0 Å². The third-order valence-corrected chi connectivity index (χ3v) is 3.62. The van der Waals surface area contributed by atoms with Crippen LogP contribution < -0.4 is 15.2 Å². The number of benzene rings is 1. The van der Waals surface area contributed by atoms with E-state index in [1.54, 1.807) is 7.11 Å². The SMILES string of the molecule is C#CC(CN)c1ccc(OC)c(OC2CCCC2)c1. The first-order valence-corrected chi connectivity index (χ1v) is 6.79. The molecule has 19 heavy (non-hydrogen) atoms. The normalized spacial score (nSPS) is 16.9. The number of terminal acetylenes is 1. The number of hydrogen-bond donors (Lipinski definition) is 1. The van der Waals surface area contributed by atoms with Gasteiger partial charge in [-0.3, -0.25) is 0 Å². The first-order valence-electron chi connectivity index (χ1n) is 6.79. The minimum Gasteiger partial charge on any atom is -0.493 e. The minimum atomic E-state index is -0.0724. The molecule has 1 aromatic rings. The second-order valence-corrected chi connectivity index (χ2v) is 4.89. The Hall–Kier alpha value is -1.66. The van der Waals surface area contributed by atoms with E-state index in [9.17, 15) is 0 Å². The van der Waals surface area contributed by atoms with Crippen LogP contribution in [-0.4, -0.2) is 19.8 Å². The maximum Gasteiger partial charge on any atom is 0.161 e. The summed E-state index contributed by atoms with van der Waals surface area (Å²) >= 11 is 0. The fourth-order valence-electron chi connectivity index (χ4n) is 2.49. The van der Waals surface area contributed by atoms with Gasteiger partial charge < -0.3 is 15.2 Å². The predicted octanol–water partition coefficient (Wildman–Crippen LogP) is 2.69. The summed E-state index contributed by atoms with van der Waals surface area (Å²) in [6, 6.07) is 5.83. The highest BCUT2D eigenvalue weighted by Crippen LogP contribution is 2.34. The van der Waals surface area contributed by atoms with Gasteiger partial charge in [-0.05, 0) is 43.4 Å². The first-order chi connectivity index (χ1) is 9.28. The Morgan fingerprint density at radius 1 is 1.37 bits per heavy atom. The highest BCUT2D eigenvalue weighted by Gasteiger charge is 2.19. The van der Waals surface area contributed by atoms with Crippen LogP contribution in [0.15, 0.2) is 18.2 Å². The van der Waals surface area contributed by atoms with Crippen molar-refractivity contribution < 1.29 is 9.47 Å². The van der Waals surface area contributed by atoms with Crippen molar-refractivity contribution in [3.05, 3.63) is 23.8 Å². The van der Waals surface area contributed by atoms with Gasteiger partial charge in [0.2, 0.25) is 0 Å². The Balaban J connectivity index is 2.23. The molecule has 0 aliphatic heterocycles. The lowest BCUT2D eigenvalue weighted by atomic mass is 10.00. The molecular formula is C16H21NO2. The fourth-order valence-corrected chi connectivity index (χ4v) is 2.49. The van der Waals surface area contributed by atoms with Gasteiger partial charge in [0.1, 0.15) is 0 Å². The molecule has 0 heterocycles. The maximum atomic E-state index is 6.04. The van der Waals surface area contributed by atoms with E-state index in [-0.39, 0.29) is 5.92 Å². The maximum absolute atomic E-state index is 6.04. The van der Waals surface area contributed by atoms with Crippen LogP contribution >= 0.6 is 0 Å². The van der Waals surface area contributed by atoms with E-state index in [2.05, 4.69) is 5.92 Å². The largest absolute Gasteiger partial charge is 0.493 e. The molecule has 0 amide bonds. The van der Waals surface area contributed by atoms with Crippen LogP contribution in [-0.2, 0) is 0 Å². The lowest BCUT2D eigenvalue weighted by molar-refractivity contribution is 0.200. The van der Waals surface area contributed by atoms with Crippen LogP contribution in [0.1, 0.15) is 37.2 Å². The van der Waals surface area contributed by atoms with Gasteiger partial charge in [-0.1, -0.05) is 12.0 Å². The number of hydrogen-bond acceptors (Lipinski definition) is 3. The Kier molecular flexibility index (Phi) is 4.70. The quantitative estimate of drug-likeness (QED) is 0.827. The molecule has 0 saturated heterocycles. The van der Waals surface area contributed by atoms with E-state index in [1.807, 2.05) is 18.2 Å². The zero-order valence-electron chi connectivity index (χ0n) is 11.4. The van der Waals surface area contributed by atoms with E-state index in [4.69, 9.17) is 21.6 Å². The highest BCUT2D eigenvalue weighted by atomic mass is 16.5. The van der Waals surface area contributed by atoms with Crippen LogP contribution in [0.5, 0.6) is 11.5 Å². The molecule has 1 aliphatic rings. The number of ether oxygens (including phenoxy) is 2. The van der Waals surface area contributed by atoms with E-state index >= 15 is 0 Å². The van der Waals surface area contributed by atoms with Crippen molar-refractivity contribution in [2.45, 2.75) is 37.7 Å². The molecule has 102 valence electrons. The molecule has 1 fully saturated rings. The van der Waals surface area contributed by atoms with Crippen LogP contribution in [0.4, 0.5) is 0 Å². The summed E-state index contributed by atoms with van der Waals surface area (Å²) in [7, 11) is 1.65. The predicted molar refractivity (Wildman–Crippen MR) is 76.5 cm³/mol. The number of rotatable bonds is 5. The van der Waals surface area contributed by atoms with Crippen LogP contribution in [0.25, 0.3) is 0 Å². The van der Waals surface area contributed by atoms with Gasteiger partial charge in [0.05, 0.1) is 19.1 Å². The lowest BCUT2D eigenvalue weighted by Crippen LogP contribution is -2.13. The molecule has 0 radical (unpaired) electrons. The molecule has 2 rings (SSSR count). The molecule has 0 aromatic heterocycles. The molecule has 1 aliphatic carbocycles. The molecule has 0 spiro atoms. The van der Waals surface area contributed by atoms with Gasteiger partial charge >= 0.3 is 0 Å². The van der Waals surface area contributed by atoms with Gasteiger partial charge in [-0.15, -0.1) is 6.42 Å². The van der Waals surface area contributed by atoms with E-state index in [0.29, 0.717) is 12.6 Å². The topological polar surface area (TPSA) is 44.5 Å². The van der Waals surface area contributed by atoms with Gasteiger partial charge in [0.15, 0.2) is 11.5 Å². The highest BCUT2D eigenvalue weighted by molar-refractivity contribution is 5.45. The number of methoxy groups -OCH3 is 1. The standard InChI is InChI=1S/C16H21NO2/c1-3-12(11-17)13-8-9-15(18-2)16(10-13)19-14-6-4-5-7-14/h1,8-10,12,14H,4-7,11,17H2,2H3. The summed E-state index contributed by atoms with van der Waals surface area (Å²) in [5, 5.41) is 0. The van der Waals surface area contributed by atoms with Crippen molar-refractivity contribution in [3.8, 4) is 23.8 Å². The van der Waals surface area contributed by atoms with Crippen molar-refractivity contribution in [1.82, 2.24) is 0 Å². The molecule has 2 N–H and O–H groups in total. The molecule has 3 heteroatoms. The minimum absolute atomic E-state index is 0.0724. The van der Waals surface area contributed by atoms with Crippen molar-refractivity contribution in [2.75, 3.05) is 13.7 Å². The molecule has 1 unspecified atom stereocenters. The fraction of sp³-hybridized carbons (Fsp3) is 0.500. The van der Waals surface area contributed by atoms with Crippen LogP contribution in [0.2, 0.25) is 0 Å². The molecular weight excluding hydrogens is 238 g/mol. The van der Waals surface area contributed by atoms with Crippen molar-refractivity contribution in [1.29, 1.82) is 0 Å². The molecule has 0 bridgehead atoms. The monoisotopic (exact) mass is 259 g/mol. The van der Waals surface area contributed by atoms with E-state index in [0.717, 1.165) is 29.9 Å². The van der Waals surface area contributed by atoms with Crippen LogP contribution in [0.3, 0.4) is 0 Å². The molecule has 1 atom stereocenters. The van der Waals surface area contributed by atoms with E-state index in [1.165, 1.54) is 12.8 Å². The smallest absolute Gasteiger partial charge is 0.161 e. The zero-order valence-corrected chi connectivity index (χ0v) is 11.4. The Morgan fingerprint density at radius 3 is 2.68 bits per heavy atom. The summed E-state index contributed by atoms with van der Waals surface area (Å²) in [5.41, 5.74) is 6.70. The van der Waals surface area contributed by atoms with Crippen molar-refractivity contribution in [2.24, 2.45) is 5.73 Å². The average Bonchev–Trinajstić information content (AvgIpc) is 2.93. The lowest BCUT2D eigenvalue weighted by Gasteiger charge is -2.18. The molecule has 3 nitrogen and oxygen atoms in total. The third-order valence-electron chi connectivity index (χ3n) is 3.62. The summed E-state index contributed by atoms with van der Waals surface area (Å²) < 4.78 is 11.4. The molecule has 1 saturated carbocycles. The second-order valence-electron chi connectivity index (χ2n) is 4.89. The summed E-state index contributed by atoms with van der Waals surface area (Å²) in [6.45, 7) is 0.436. The average molecular weight is 259 g/mol. The second kappa shape index (κ2) is 6.49. The van der Waals surface area contributed by atoms with Crippen LogP contribution in [0, 0.1) is 12.3 Å². The summed E-state index contributed by atoms with van der Waals surface area (Å²) in [4.78, 5) is 0. The van der Waals surface area contributed by atoms with E-state index < -0.39 is 0 Å².